The summed E-state index contributed by atoms with van der Waals surface area (Å²) in [5, 5.41) is 13.1. The van der Waals surface area contributed by atoms with Gasteiger partial charge in [-0.3, -0.25) is 4.79 Å². The van der Waals surface area contributed by atoms with Crippen LogP contribution >= 0.6 is 0 Å². The van der Waals surface area contributed by atoms with Gasteiger partial charge < -0.3 is 9.84 Å². The smallest absolute Gasteiger partial charge is 0.336 e. The summed E-state index contributed by atoms with van der Waals surface area (Å²) >= 11 is 0. The zero-order valence-electron chi connectivity index (χ0n) is 19.0. The fraction of sp³-hybridized carbons (Fsp3) is 0.160. The molecule has 0 aromatic heterocycles. The summed E-state index contributed by atoms with van der Waals surface area (Å²) in [4.78, 5) is 23.9. The number of hydrazone groups is 1. The van der Waals surface area contributed by atoms with Gasteiger partial charge in [-0.1, -0.05) is 48.5 Å². The van der Waals surface area contributed by atoms with Gasteiger partial charge in [0.25, 0.3) is 5.91 Å². The van der Waals surface area contributed by atoms with E-state index in [0.29, 0.717) is 17.7 Å². The van der Waals surface area contributed by atoms with Crippen molar-refractivity contribution >= 4 is 28.1 Å². The maximum absolute atomic E-state index is 13.3. The Balaban J connectivity index is 1.76. The predicted molar refractivity (Wildman–Crippen MR) is 131 cm³/mol. The monoisotopic (exact) mass is 495 g/mol. The first-order valence-electron chi connectivity index (χ1n) is 10.6. The third kappa shape index (κ3) is 6.98. The fourth-order valence-corrected chi connectivity index (χ4v) is 4.65. The predicted octanol–water partition coefficient (Wildman–Crippen LogP) is 2.78. The van der Waals surface area contributed by atoms with Crippen LogP contribution in [-0.2, 0) is 21.2 Å². The van der Waals surface area contributed by atoms with Crippen LogP contribution in [-0.4, -0.2) is 56.1 Å². The topological polar surface area (TPSA) is 125 Å². The highest BCUT2D eigenvalue weighted by Crippen LogP contribution is 2.20. The number of amides is 1. The Hall–Kier alpha value is -4.02. The lowest BCUT2D eigenvalue weighted by atomic mass is 10.1. The minimum absolute atomic E-state index is 0.0251. The molecular formula is C25H25N3O6S. The van der Waals surface area contributed by atoms with Gasteiger partial charge in [-0.15, -0.1) is 0 Å². The molecule has 0 atom stereocenters. The van der Waals surface area contributed by atoms with Crippen LogP contribution in [0.2, 0.25) is 0 Å². The normalized spacial score (nSPS) is 11.5. The number of hydrogen-bond acceptors (Lipinski definition) is 6. The van der Waals surface area contributed by atoms with Crippen molar-refractivity contribution in [1.29, 1.82) is 0 Å². The second-order valence-electron chi connectivity index (χ2n) is 7.44. The fourth-order valence-electron chi connectivity index (χ4n) is 3.25. The van der Waals surface area contributed by atoms with E-state index in [4.69, 9.17) is 4.74 Å². The molecule has 0 fully saturated rings. The first-order valence-corrected chi connectivity index (χ1v) is 12.1. The summed E-state index contributed by atoms with van der Waals surface area (Å²) < 4.78 is 32.8. The summed E-state index contributed by atoms with van der Waals surface area (Å²) in [6.45, 7) is -0.406. The summed E-state index contributed by atoms with van der Waals surface area (Å²) in [5.74, 6) is -1.29. The van der Waals surface area contributed by atoms with Crippen molar-refractivity contribution in [2.75, 3.05) is 20.2 Å². The van der Waals surface area contributed by atoms with Crippen molar-refractivity contribution in [2.24, 2.45) is 5.10 Å². The lowest BCUT2D eigenvalue weighted by Crippen LogP contribution is -2.40. The number of methoxy groups -OCH3 is 1. The molecule has 182 valence electrons. The molecule has 35 heavy (non-hydrogen) atoms. The largest absolute Gasteiger partial charge is 0.497 e. The number of sulfonamides is 1. The van der Waals surface area contributed by atoms with Gasteiger partial charge in [0.15, 0.2) is 0 Å². The Labute approximate surface area is 203 Å². The molecule has 0 radical (unpaired) electrons. The number of aromatic carboxylic acids is 1. The van der Waals surface area contributed by atoms with Crippen molar-refractivity contribution < 1.29 is 27.9 Å². The van der Waals surface area contributed by atoms with Gasteiger partial charge >= 0.3 is 5.97 Å². The van der Waals surface area contributed by atoms with Crippen LogP contribution in [0.3, 0.4) is 0 Å². The van der Waals surface area contributed by atoms with Gasteiger partial charge in [0.1, 0.15) is 5.75 Å². The molecule has 0 spiro atoms. The SMILES string of the molecule is COc1ccc(S(=O)(=O)N(CCc2ccccc2)CC(=O)N/N=C\c2ccccc2C(=O)O)cc1. The standard InChI is InChI=1S/C25H25N3O6S/c1-34-21-11-13-22(14-12-21)35(32,33)28(16-15-19-7-3-2-4-8-19)18-24(29)27-26-17-20-9-5-6-10-23(20)25(30)31/h2-14,17H,15-16,18H2,1H3,(H,27,29)(H,30,31)/b26-17-. The lowest BCUT2D eigenvalue weighted by molar-refractivity contribution is -0.121. The maximum Gasteiger partial charge on any atom is 0.336 e. The molecular weight excluding hydrogens is 470 g/mol. The Bertz CT molecular complexity index is 1290. The first-order chi connectivity index (χ1) is 16.8. The highest BCUT2D eigenvalue weighted by Gasteiger charge is 2.26. The summed E-state index contributed by atoms with van der Waals surface area (Å²) in [6.07, 6.45) is 1.60. The molecule has 3 rings (SSSR count). The average Bonchev–Trinajstić information content (AvgIpc) is 2.87. The van der Waals surface area contributed by atoms with Crippen LogP contribution in [0.1, 0.15) is 21.5 Å². The van der Waals surface area contributed by atoms with E-state index in [2.05, 4.69) is 10.5 Å². The number of hydrogen-bond donors (Lipinski definition) is 2. The van der Waals surface area contributed by atoms with Crippen molar-refractivity contribution in [3.05, 3.63) is 95.6 Å². The number of rotatable bonds is 11. The van der Waals surface area contributed by atoms with E-state index in [0.717, 1.165) is 9.87 Å². The van der Waals surface area contributed by atoms with E-state index >= 15 is 0 Å². The average molecular weight is 496 g/mol. The molecule has 0 aliphatic rings. The van der Waals surface area contributed by atoms with Crippen LogP contribution in [0.25, 0.3) is 0 Å². The molecule has 3 aromatic rings. The van der Waals surface area contributed by atoms with Crippen LogP contribution in [0, 0.1) is 0 Å². The van der Waals surface area contributed by atoms with E-state index < -0.39 is 28.4 Å². The molecule has 0 aliphatic heterocycles. The number of nitrogens with one attached hydrogen (secondary N) is 1. The summed E-state index contributed by atoms with van der Waals surface area (Å²) in [7, 11) is -2.52. The van der Waals surface area contributed by atoms with Crippen molar-refractivity contribution in [3.8, 4) is 5.75 Å². The van der Waals surface area contributed by atoms with Crippen molar-refractivity contribution in [1.82, 2.24) is 9.73 Å². The third-order valence-electron chi connectivity index (χ3n) is 5.09. The minimum atomic E-state index is -4.00. The number of nitrogens with zero attached hydrogens (tertiary/aromatic N) is 2. The molecule has 0 bridgehead atoms. The number of ether oxygens (including phenoxy) is 1. The molecule has 0 unspecified atom stereocenters. The van der Waals surface area contributed by atoms with Gasteiger partial charge in [0.05, 0.1) is 30.3 Å². The van der Waals surface area contributed by atoms with E-state index in [1.165, 1.54) is 43.7 Å². The molecule has 2 N–H and O–H groups in total. The van der Waals surface area contributed by atoms with E-state index in [-0.39, 0.29) is 17.0 Å². The van der Waals surface area contributed by atoms with Crippen LogP contribution in [0.5, 0.6) is 5.75 Å². The molecule has 0 saturated carbocycles. The van der Waals surface area contributed by atoms with E-state index in [1.807, 2.05) is 30.3 Å². The van der Waals surface area contributed by atoms with Gasteiger partial charge in [-0.2, -0.15) is 9.41 Å². The molecule has 3 aromatic carbocycles. The minimum Gasteiger partial charge on any atom is -0.497 e. The van der Waals surface area contributed by atoms with Gasteiger partial charge in [-0.25, -0.2) is 18.6 Å². The lowest BCUT2D eigenvalue weighted by Gasteiger charge is -2.21. The second-order valence-corrected chi connectivity index (χ2v) is 9.37. The van der Waals surface area contributed by atoms with Gasteiger partial charge in [-0.05, 0) is 42.3 Å². The Morgan fingerprint density at radius 2 is 1.66 bits per heavy atom. The highest BCUT2D eigenvalue weighted by atomic mass is 32.2. The van der Waals surface area contributed by atoms with E-state index in [9.17, 15) is 23.1 Å². The molecule has 0 saturated heterocycles. The summed E-state index contributed by atoms with van der Waals surface area (Å²) in [5.41, 5.74) is 3.52. The Kier molecular flexibility index (Phi) is 8.71. The molecule has 0 aliphatic carbocycles. The number of carbonyl (C=O) groups is 2. The molecule has 0 heterocycles. The zero-order valence-corrected chi connectivity index (χ0v) is 19.8. The number of benzene rings is 3. The van der Waals surface area contributed by atoms with Crippen LogP contribution < -0.4 is 10.2 Å². The van der Waals surface area contributed by atoms with E-state index in [1.54, 1.807) is 18.2 Å². The first kappa shape index (κ1) is 25.6. The van der Waals surface area contributed by atoms with Gasteiger partial charge in [0, 0.05) is 12.1 Å². The van der Waals surface area contributed by atoms with Crippen LogP contribution in [0.4, 0.5) is 0 Å². The zero-order chi connectivity index (χ0) is 25.3. The highest BCUT2D eigenvalue weighted by molar-refractivity contribution is 7.89. The van der Waals surface area contributed by atoms with Crippen molar-refractivity contribution in [2.45, 2.75) is 11.3 Å². The quantitative estimate of drug-likeness (QED) is 0.311. The molecule has 10 heteroatoms. The number of carboxylic acids is 1. The van der Waals surface area contributed by atoms with Gasteiger partial charge in [0.2, 0.25) is 10.0 Å². The van der Waals surface area contributed by atoms with Crippen molar-refractivity contribution in [3.63, 3.8) is 0 Å². The Morgan fingerprint density at radius 3 is 2.31 bits per heavy atom. The second kappa shape index (κ2) is 11.9. The summed E-state index contributed by atoms with van der Waals surface area (Å²) in [6, 6.07) is 21.4. The number of carboxylic acid groups (broad SMARTS) is 1. The number of carbonyl (C=O) groups excluding carboxylic acids is 1. The van der Waals surface area contributed by atoms with Crippen LogP contribution in [0.15, 0.2) is 88.9 Å². The Morgan fingerprint density at radius 1 is 1.00 bits per heavy atom. The third-order valence-corrected chi connectivity index (χ3v) is 6.95. The molecule has 9 nitrogen and oxygen atoms in total. The molecule has 1 amide bonds. The maximum atomic E-state index is 13.3.